The molecule has 0 radical (unpaired) electrons. The third-order valence-electron chi connectivity index (χ3n) is 2.85. The second-order valence-corrected chi connectivity index (χ2v) is 4.22. The third-order valence-corrected chi connectivity index (χ3v) is 2.85. The fraction of sp³-hybridized carbons (Fsp3) is 0.286. The lowest BCUT2D eigenvalue weighted by Crippen LogP contribution is -2.14. The zero-order valence-corrected chi connectivity index (χ0v) is 12.1. The number of rotatable bonds is 6. The summed E-state index contributed by atoms with van der Waals surface area (Å²) in [5, 5.41) is 2.78. The average Bonchev–Trinajstić information content (AvgIpc) is 2.98. The predicted octanol–water partition coefficient (Wildman–Crippen LogP) is 1.62. The number of aromatic amines is 1. The van der Waals surface area contributed by atoms with Crippen LogP contribution in [0.4, 0.5) is 5.69 Å². The molecule has 0 aliphatic carbocycles. The first-order chi connectivity index (χ1) is 10.2. The monoisotopic (exact) mass is 291 g/mol. The second-order valence-electron chi connectivity index (χ2n) is 4.22. The van der Waals surface area contributed by atoms with Crippen molar-refractivity contribution in [1.82, 2.24) is 9.97 Å². The van der Waals surface area contributed by atoms with E-state index in [1.165, 1.54) is 27.7 Å². The summed E-state index contributed by atoms with van der Waals surface area (Å²) in [4.78, 5) is 18.7. The maximum Gasteiger partial charge on any atom is 0.230 e. The highest BCUT2D eigenvalue weighted by molar-refractivity contribution is 5.92. The molecule has 1 amide bonds. The molecule has 7 nitrogen and oxygen atoms in total. The molecule has 0 saturated heterocycles. The molecule has 0 bridgehead atoms. The Balaban J connectivity index is 2.17. The van der Waals surface area contributed by atoms with Crippen LogP contribution in [0.25, 0.3) is 0 Å². The third kappa shape index (κ3) is 3.44. The van der Waals surface area contributed by atoms with E-state index in [9.17, 15) is 4.79 Å². The van der Waals surface area contributed by atoms with Crippen LogP contribution >= 0.6 is 0 Å². The highest BCUT2D eigenvalue weighted by Gasteiger charge is 2.14. The average molecular weight is 291 g/mol. The quantitative estimate of drug-likeness (QED) is 0.844. The Kier molecular flexibility index (Phi) is 4.65. The molecule has 1 heterocycles. The Hall–Kier alpha value is -2.70. The van der Waals surface area contributed by atoms with Gasteiger partial charge in [-0.3, -0.25) is 4.79 Å². The van der Waals surface area contributed by atoms with E-state index in [-0.39, 0.29) is 12.3 Å². The summed E-state index contributed by atoms with van der Waals surface area (Å²) >= 11 is 0. The zero-order valence-electron chi connectivity index (χ0n) is 12.1. The molecule has 0 unspecified atom stereocenters. The van der Waals surface area contributed by atoms with E-state index in [4.69, 9.17) is 14.2 Å². The van der Waals surface area contributed by atoms with Crippen molar-refractivity contribution >= 4 is 11.6 Å². The SMILES string of the molecule is COc1cc(NC(=O)Cc2cnc[nH]2)cc(OC)c1OC. The molecule has 0 spiro atoms. The van der Waals surface area contributed by atoms with Crippen LogP contribution in [0.1, 0.15) is 5.69 Å². The van der Waals surface area contributed by atoms with Gasteiger partial charge in [0.25, 0.3) is 0 Å². The van der Waals surface area contributed by atoms with Gasteiger partial charge >= 0.3 is 0 Å². The summed E-state index contributed by atoms with van der Waals surface area (Å²) in [5.74, 6) is 1.27. The highest BCUT2D eigenvalue weighted by Crippen LogP contribution is 2.39. The van der Waals surface area contributed by atoms with Crippen molar-refractivity contribution in [2.75, 3.05) is 26.6 Å². The van der Waals surface area contributed by atoms with Crippen molar-refractivity contribution in [2.24, 2.45) is 0 Å². The van der Waals surface area contributed by atoms with Crippen molar-refractivity contribution in [3.8, 4) is 17.2 Å². The van der Waals surface area contributed by atoms with Crippen molar-refractivity contribution in [3.63, 3.8) is 0 Å². The number of ether oxygens (including phenoxy) is 3. The minimum atomic E-state index is -0.173. The molecule has 7 heteroatoms. The van der Waals surface area contributed by atoms with Gasteiger partial charge in [0.1, 0.15) is 0 Å². The van der Waals surface area contributed by atoms with Crippen LogP contribution in [0, 0.1) is 0 Å². The van der Waals surface area contributed by atoms with Crippen LogP contribution in [0.2, 0.25) is 0 Å². The van der Waals surface area contributed by atoms with Gasteiger partial charge in [-0.25, -0.2) is 4.98 Å². The van der Waals surface area contributed by atoms with E-state index in [0.717, 1.165) is 5.69 Å². The van der Waals surface area contributed by atoms with E-state index in [1.807, 2.05) is 0 Å². The molecular formula is C14H17N3O4. The molecular weight excluding hydrogens is 274 g/mol. The topological polar surface area (TPSA) is 85.5 Å². The summed E-state index contributed by atoms with van der Waals surface area (Å²) in [6, 6.07) is 3.35. The van der Waals surface area contributed by atoms with E-state index in [1.54, 1.807) is 18.3 Å². The summed E-state index contributed by atoms with van der Waals surface area (Å²) in [6.07, 6.45) is 3.34. The number of aromatic nitrogens is 2. The van der Waals surface area contributed by atoms with Gasteiger partial charge in [-0.05, 0) is 0 Å². The molecule has 2 aromatic rings. The van der Waals surface area contributed by atoms with Gasteiger partial charge < -0.3 is 24.5 Å². The Morgan fingerprint density at radius 1 is 1.19 bits per heavy atom. The number of methoxy groups -OCH3 is 3. The van der Waals surface area contributed by atoms with Gasteiger partial charge in [-0.2, -0.15) is 0 Å². The largest absolute Gasteiger partial charge is 0.493 e. The molecule has 0 aliphatic rings. The molecule has 0 aliphatic heterocycles. The fourth-order valence-corrected chi connectivity index (χ4v) is 1.91. The number of carbonyl (C=O) groups is 1. The van der Waals surface area contributed by atoms with Crippen molar-refractivity contribution in [3.05, 3.63) is 30.4 Å². The smallest absolute Gasteiger partial charge is 0.230 e. The number of nitrogens with one attached hydrogen (secondary N) is 2. The summed E-state index contributed by atoms with van der Waals surface area (Å²) in [5.41, 5.74) is 1.30. The molecule has 21 heavy (non-hydrogen) atoms. The molecule has 1 aromatic heterocycles. The van der Waals surface area contributed by atoms with Gasteiger partial charge in [0.15, 0.2) is 11.5 Å². The minimum absolute atomic E-state index is 0.173. The number of hydrogen-bond donors (Lipinski definition) is 2. The van der Waals surface area contributed by atoms with Crippen molar-refractivity contribution in [1.29, 1.82) is 0 Å². The van der Waals surface area contributed by atoms with Gasteiger partial charge in [0, 0.05) is 29.7 Å². The number of carbonyl (C=O) groups excluding carboxylic acids is 1. The normalized spacial score (nSPS) is 10.0. The number of hydrogen-bond acceptors (Lipinski definition) is 5. The molecule has 2 rings (SSSR count). The Labute approximate surface area is 122 Å². The molecule has 0 fully saturated rings. The number of anilines is 1. The van der Waals surface area contributed by atoms with E-state index in [2.05, 4.69) is 15.3 Å². The molecule has 0 saturated carbocycles. The molecule has 0 atom stereocenters. The molecule has 112 valence electrons. The fourth-order valence-electron chi connectivity index (χ4n) is 1.91. The second kappa shape index (κ2) is 6.65. The van der Waals surface area contributed by atoms with E-state index < -0.39 is 0 Å². The number of benzene rings is 1. The number of amides is 1. The number of imidazole rings is 1. The van der Waals surface area contributed by atoms with Crippen LogP contribution in [0.15, 0.2) is 24.7 Å². The van der Waals surface area contributed by atoms with Crippen LogP contribution in [0.3, 0.4) is 0 Å². The van der Waals surface area contributed by atoms with Gasteiger partial charge in [-0.15, -0.1) is 0 Å². The first-order valence-electron chi connectivity index (χ1n) is 6.25. The first kappa shape index (κ1) is 14.7. The predicted molar refractivity (Wildman–Crippen MR) is 77.0 cm³/mol. The van der Waals surface area contributed by atoms with Crippen molar-refractivity contribution < 1.29 is 19.0 Å². The maximum absolute atomic E-state index is 12.0. The zero-order chi connectivity index (χ0) is 15.2. The lowest BCUT2D eigenvalue weighted by atomic mass is 10.2. The van der Waals surface area contributed by atoms with Crippen LogP contribution < -0.4 is 19.5 Å². The number of nitrogens with zero attached hydrogens (tertiary/aromatic N) is 1. The van der Waals surface area contributed by atoms with Gasteiger partial charge in [0.2, 0.25) is 11.7 Å². The summed E-state index contributed by atoms with van der Waals surface area (Å²) in [7, 11) is 4.57. The summed E-state index contributed by atoms with van der Waals surface area (Å²) < 4.78 is 15.7. The van der Waals surface area contributed by atoms with Crippen LogP contribution in [-0.4, -0.2) is 37.2 Å². The Morgan fingerprint density at radius 3 is 2.33 bits per heavy atom. The lowest BCUT2D eigenvalue weighted by molar-refractivity contribution is -0.115. The van der Waals surface area contributed by atoms with E-state index >= 15 is 0 Å². The summed E-state index contributed by atoms with van der Waals surface area (Å²) in [6.45, 7) is 0. The Morgan fingerprint density at radius 2 is 1.86 bits per heavy atom. The number of H-pyrrole nitrogens is 1. The standard InChI is InChI=1S/C14H17N3O4/c1-19-11-4-9(5-12(20-2)14(11)21-3)17-13(18)6-10-7-15-8-16-10/h4-5,7-8H,6H2,1-3H3,(H,15,16)(H,17,18). The lowest BCUT2D eigenvalue weighted by Gasteiger charge is -2.14. The van der Waals surface area contributed by atoms with E-state index in [0.29, 0.717) is 22.9 Å². The molecule has 2 N–H and O–H groups in total. The maximum atomic E-state index is 12.0. The van der Waals surface area contributed by atoms with Gasteiger partial charge in [0.05, 0.1) is 34.1 Å². The Bertz CT molecular complexity index is 586. The first-order valence-corrected chi connectivity index (χ1v) is 6.25. The molecule has 1 aromatic carbocycles. The minimum Gasteiger partial charge on any atom is -0.493 e. The van der Waals surface area contributed by atoms with Crippen LogP contribution in [0.5, 0.6) is 17.2 Å². The van der Waals surface area contributed by atoms with Crippen LogP contribution in [-0.2, 0) is 11.2 Å². The highest BCUT2D eigenvalue weighted by atomic mass is 16.5. The van der Waals surface area contributed by atoms with Gasteiger partial charge in [-0.1, -0.05) is 0 Å². The van der Waals surface area contributed by atoms with Crippen molar-refractivity contribution in [2.45, 2.75) is 6.42 Å².